The zero-order valence-corrected chi connectivity index (χ0v) is 15.4. The van der Waals surface area contributed by atoms with Crippen LogP contribution in [-0.4, -0.2) is 56.8 Å². The number of hydrogen-bond acceptors (Lipinski definition) is 4. The summed E-state index contributed by atoms with van der Waals surface area (Å²) in [4.78, 5) is 8.58. The molecule has 0 aromatic carbocycles. The first-order valence-corrected chi connectivity index (χ1v) is 9.40. The van der Waals surface area contributed by atoms with Crippen molar-refractivity contribution < 1.29 is 4.74 Å². The largest absolute Gasteiger partial charge is 0.383 e. The fraction of sp³-hybridized carbons (Fsp3) is 0.706. The fourth-order valence-corrected chi connectivity index (χ4v) is 3.73. The maximum absolute atomic E-state index is 5.21. The van der Waals surface area contributed by atoms with Gasteiger partial charge in [0.15, 0.2) is 5.96 Å². The molecular formula is C17H30N4OS. The molecule has 1 aliphatic heterocycles. The highest BCUT2D eigenvalue weighted by atomic mass is 32.1. The van der Waals surface area contributed by atoms with E-state index in [0.29, 0.717) is 6.04 Å². The van der Waals surface area contributed by atoms with E-state index in [1.807, 2.05) is 0 Å². The summed E-state index contributed by atoms with van der Waals surface area (Å²) in [5.74, 6) is 0.916. The number of guanidine groups is 1. The van der Waals surface area contributed by atoms with Crippen LogP contribution >= 0.6 is 11.3 Å². The highest BCUT2D eigenvalue weighted by Crippen LogP contribution is 2.17. The van der Waals surface area contributed by atoms with Crippen molar-refractivity contribution >= 4 is 17.3 Å². The van der Waals surface area contributed by atoms with Crippen molar-refractivity contribution in [3.63, 3.8) is 0 Å². The summed E-state index contributed by atoms with van der Waals surface area (Å²) in [7, 11) is 1.77. The van der Waals surface area contributed by atoms with Crippen molar-refractivity contribution in [2.24, 2.45) is 4.99 Å². The Balaban J connectivity index is 1.85. The number of methoxy groups -OCH3 is 1. The van der Waals surface area contributed by atoms with Crippen molar-refractivity contribution in [2.45, 2.75) is 39.3 Å². The van der Waals surface area contributed by atoms with Crippen LogP contribution in [0, 0.1) is 6.92 Å². The average molecular weight is 339 g/mol. The van der Waals surface area contributed by atoms with Crippen LogP contribution in [-0.2, 0) is 11.3 Å². The van der Waals surface area contributed by atoms with Gasteiger partial charge in [-0.3, -0.25) is 4.90 Å². The molecule has 23 heavy (non-hydrogen) atoms. The van der Waals surface area contributed by atoms with Crippen LogP contribution in [0.1, 0.15) is 30.2 Å². The Morgan fingerprint density at radius 2 is 2.35 bits per heavy atom. The molecule has 0 aliphatic carbocycles. The van der Waals surface area contributed by atoms with Gasteiger partial charge in [0.1, 0.15) is 0 Å². The quantitative estimate of drug-likeness (QED) is 0.564. The lowest BCUT2D eigenvalue weighted by molar-refractivity contribution is 0.141. The van der Waals surface area contributed by atoms with Crippen LogP contribution in [0.4, 0.5) is 0 Å². The highest BCUT2D eigenvalue weighted by molar-refractivity contribution is 7.10. The van der Waals surface area contributed by atoms with Gasteiger partial charge in [-0.05, 0) is 50.2 Å². The molecule has 0 bridgehead atoms. The smallest absolute Gasteiger partial charge is 0.191 e. The van der Waals surface area contributed by atoms with E-state index >= 15 is 0 Å². The third-order valence-electron chi connectivity index (χ3n) is 4.28. The Kier molecular flexibility index (Phi) is 7.85. The second-order valence-corrected chi connectivity index (χ2v) is 6.93. The Bertz CT molecular complexity index is 489. The van der Waals surface area contributed by atoms with Gasteiger partial charge >= 0.3 is 0 Å². The summed E-state index contributed by atoms with van der Waals surface area (Å²) in [6, 6.07) is 2.74. The molecule has 1 atom stereocenters. The predicted octanol–water partition coefficient (Wildman–Crippen LogP) is 2.22. The molecule has 0 radical (unpaired) electrons. The molecule has 0 spiro atoms. The SMILES string of the molecule is CCNC(=NCc1sccc1C)NCC1CCCN1CCOC. The van der Waals surface area contributed by atoms with Crippen molar-refractivity contribution in [2.75, 3.05) is 39.9 Å². The molecule has 1 aromatic heterocycles. The van der Waals surface area contributed by atoms with E-state index in [-0.39, 0.29) is 0 Å². The topological polar surface area (TPSA) is 48.9 Å². The van der Waals surface area contributed by atoms with Gasteiger partial charge in [0.2, 0.25) is 0 Å². The van der Waals surface area contributed by atoms with Crippen LogP contribution < -0.4 is 10.6 Å². The molecular weight excluding hydrogens is 308 g/mol. The van der Waals surface area contributed by atoms with Crippen LogP contribution in [0.15, 0.2) is 16.4 Å². The standard InChI is InChI=1S/C17H30N4OS/c1-4-18-17(20-13-16-14(2)7-11-23-16)19-12-15-6-5-8-21(15)9-10-22-3/h7,11,15H,4-6,8-10,12-13H2,1-3H3,(H2,18,19,20). The minimum Gasteiger partial charge on any atom is -0.383 e. The normalized spacial score (nSPS) is 19.3. The van der Waals surface area contributed by atoms with Gasteiger partial charge in [0.05, 0.1) is 13.2 Å². The lowest BCUT2D eigenvalue weighted by Gasteiger charge is -2.25. The lowest BCUT2D eigenvalue weighted by atomic mass is 10.2. The van der Waals surface area contributed by atoms with Crippen molar-refractivity contribution in [3.05, 3.63) is 21.9 Å². The number of rotatable bonds is 8. The number of likely N-dealkylation sites (tertiary alicyclic amines) is 1. The lowest BCUT2D eigenvalue weighted by Crippen LogP contribution is -2.45. The third-order valence-corrected chi connectivity index (χ3v) is 5.29. The van der Waals surface area contributed by atoms with Gasteiger partial charge in [-0.2, -0.15) is 0 Å². The molecule has 2 heterocycles. The maximum atomic E-state index is 5.21. The second kappa shape index (κ2) is 9.90. The molecule has 1 aromatic rings. The molecule has 2 N–H and O–H groups in total. The van der Waals surface area contributed by atoms with E-state index < -0.39 is 0 Å². The number of hydrogen-bond donors (Lipinski definition) is 2. The first-order chi connectivity index (χ1) is 11.2. The summed E-state index contributed by atoms with van der Waals surface area (Å²) >= 11 is 1.78. The van der Waals surface area contributed by atoms with Gasteiger partial charge < -0.3 is 15.4 Å². The number of nitrogens with zero attached hydrogens (tertiary/aromatic N) is 2. The molecule has 0 saturated carbocycles. The molecule has 0 amide bonds. The minimum absolute atomic E-state index is 0.581. The van der Waals surface area contributed by atoms with Crippen molar-refractivity contribution in [1.82, 2.24) is 15.5 Å². The monoisotopic (exact) mass is 338 g/mol. The van der Waals surface area contributed by atoms with Crippen molar-refractivity contribution in [3.8, 4) is 0 Å². The summed E-state index contributed by atoms with van der Waals surface area (Å²) in [6.45, 7) is 9.83. The molecule has 5 nitrogen and oxygen atoms in total. The van der Waals surface area contributed by atoms with E-state index in [9.17, 15) is 0 Å². The third kappa shape index (κ3) is 5.79. The number of nitrogens with one attached hydrogen (secondary N) is 2. The molecule has 1 fully saturated rings. The van der Waals surface area contributed by atoms with E-state index in [0.717, 1.165) is 38.7 Å². The average Bonchev–Trinajstić information content (AvgIpc) is 3.17. The number of aliphatic imine (C=N–C) groups is 1. The fourth-order valence-electron chi connectivity index (χ4n) is 2.90. The zero-order valence-electron chi connectivity index (χ0n) is 14.6. The minimum atomic E-state index is 0.581. The molecule has 1 saturated heterocycles. The van der Waals surface area contributed by atoms with Crippen LogP contribution in [0.25, 0.3) is 0 Å². The van der Waals surface area contributed by atoms with Gasteiger partial charge in [-0.1, -0.05) is 0 Å². The van der Waals surface area contributed by atoms with Gasteiger partial charge in [0, 0.05) is 37.7 Å². The Hall–Kier alpha value is -1.11. The summed E-state index contributed by atoms with van der Waals surface area (Å²) in [5.41, 5.74) is 1.33. The Morgan fingerprint density at radius 3 is 3.04 bits per heavy atom. The van der Waals surface area contributed by atoms with Crippen LogP contribution in [0.3, 0.4) is 0 Å². The summed E-state index contributed by atoms with van der Waals surface area (Å²) in [6.07, 6.45) is 2.53. The van der Waals surface area contributed by atoms with Gasteiger partial charge in [-0.15, -0.1) is 11.3 Å². The van der Waals surface area contributed by atoms with Gasteiger partial charge in [-0.25, -0.2) is 4.99 Å². The number of aryl methyl sites for hydroxylation is 1. The molecule has 1 unspecified atom stereocenters. The number of thiophene rings is 1. The van der Waals surface area contributed by atoms with E-state index in [4.69, 9.17) is 9.73 Å². The first-order valence-electron chi connectivity index (χ1n) is 8.52. The zero-order chi connectivity index (χ0) is 16.5. The van der Waals surface area contributed by atoms with Crippen molar-refractivity contribution in [1.29, 1.82) is 0 Å². The van der Waals surface area contributed by atoms with E-state index in [2.05, 4.69) is 40.8 Å². The maximum Gasteiger partial charge on any atom is 0.191 e. The molecule has 1 aliphatic rings. The Morgan fingerprint density at radius 1 is 1.48 bits per heavy atom. The van der Waals surface area contributed by atoms with Crippen LogP contribution in [0.2, 0.25) is 0 Å². The van der Waals surface area contributed by atoms with Crippen LogP contribution in [0.5, 0.6) is 0 Å². The van der Waals surface area contributed by atoms with Gasteiger partial charge in [0.25, 0.3) is 0 Å². The number of ether oxygens (including phenoxy) is 1. The Labute approximate surface area is 144 Å². The molecule has 2 rings (SSSR count). The van der Waals surface area contributed by atoms with E-state index in [1.165, 1.54) is 29.8 Å². The second-order valence-electron chi connectivity index (χ2n) is 5.93. The molecule has 130 valence electrons. The molecule has 6 heteroatoms. The van der Waals surface area contributed by atoms with E-state index in [1.54, 1.807) is 18.4 Å². The first kappa shape index (κ1) is 18.2. The predicted molar refractivity (Wildman–Crippen MR) is 98.3 cm³/mol. The highest BCUT2D eigenvalue weighted by Gasteiger charge is 2.23. The summed E-state index contributed by atoms with van der Waals surface area (Å²) < 4.78 is 5.21. The summed E-state index contributed by atoms with van der Waals surface area (Å²) in [5, 5.41) is 8.99.